The van der Waals surface area contributed by atoms with Crippen LogP contribution in [0, 0.1) is 0 Å². The van der Waals surface area contributed by atoms with E-state index < -0.39 is 0 Å². The van der Waals surface area contributed by atoms with Crippen LogP contribution in [0.4, 0.5) is 10.9 Å². The largest absolute Gasteiger partial charge is 0.382 e. The Morgan fingerprint density at radius 1 is 1.33 bits per heavy atom. The molecular weight excluding hydrogens is 290 g/mol. The van der Waals surface area contributed by atoms with E-state index in [1.165, 1.54) is 11.3 Å². The molecule has 2 rings (SSSR count). The number of aromatic nitrogens is 1. The monoisotopic (exact) mass is 311 g/mol. The molecule has 1 aliphatic heterocycles. The average Bonchev–Trinajstić information content (AvgIpc) is 3.11. The number of nitrogen functional groups attached to an aromatic ring is 1. The van der Waals surface area contributed by atoms with Crippen LogP contribution in [0.1, 0.15) is 35.9 Å². The Kier molecular flexibility index (Phi) is 5.38. The van der Waals surface area contributed by atoms with Gasteiger partial charge in [0.05, 0.1) is 6.54 Å². The third-order valence-electron chi connectivity index (χ3n) is 3.21. The van der Waals surface area contributed by atoms with Gasteiger partial charge in [0.25, 0.3) is 5.91 Å². The minimum Gasteiger partial charge on any atom is -0.382 e. The fourth-order valence-corrected chi connectivity index (χ4v) is 3.05. The molecule has 1 fully saturated rings. The first-order valence-corrected chi connectivity index (χ1v) is 7.99. The Morgan fingerprint density at radius 3 is 2.71 bits per heavy atom. The van der Waals surface area contributed by atoms with Crippen LogP contribution in [-0.4, -0.2) is 43.0 Å². The molecule has 0 saturated carbocycles. The molecule has 0 atom stereocenters. The molecule has 1 aromatic rings. The van der Waals surface area contributed by atoms with Gasteiger partial charge in [0.2, 0.25) is 5.91 Å². The molecule has 0 unspecified atom stereocenters. The van der Waals surface area contributed by atoms with Crippen molar-refractivity contribution in [1.82, 2.24) is 15.6 Å². The zero-order valence-electron chi connectivity index (χ0n) is 12.1. The molecule has 0 spiro atoms. The number of nitrogens with zero attached hydrogens (tertiary/aromatic N) is 2. The van der Waals surface area contributed by atoms with E-state index in [0.29, 0.717) is 11.4 Å². The number of rotatable bonds is 6. The van der Waals surface area contributed by atoms with E-state index in [1.54, 1.807) is 0 Å². The first-order valence-electron chi connectivity index (χ1n) is 7.18. The van der Waals surface area contributed by atoms with Crippen LogP contribution in [-0.2, 0) is 4.79 Å². The molecule has 0 aromatic carbocycles. The zero-order valence-corrected chi connectivity index (χ0v) is 13.0. The second kappa shape index (κ2) is 7.26. The lowest BCUT2D eigenvalue weighted by Gasteiger charge is -2.11. The molecule has 1 aliphatic rings. The van der Waals surface area contributed by atoms with Crippen molar-refractivity contribution >= 4 is 34.1 Å². The van der Waals surface area contributed by atoms with E-state index in [0.717, 1.165) is 37.5 Å². The minimum atomic E-state index is -0.345. The lowest BCUT2D eigenvalue weighted by Crippen LogP contribution is -2.37. The first kappa shape index (κ1) is 15.6. The third kappa shape index (κ3) is 4.07. The van der Waals surface area contributed by atoms with E-state index in [2.05, 4.69) is 20.5 Å². The summed E-state index contributed by atoms with van der Waals surface area (Å²) in [5, 5.41) is 6.05. The van der Waals surface area contributed by atoms with E-state index >= 15 is 0 Å². The number of hydrogen-bond donors (Lipinski definition) is 3. The number of anilines is 2. The van der Waals surface area contributed by atoms with Crippen molar-refractivity contribution in [1.29, 1.82) is 0 Å². The molecule has 0 aliphatic carbocycles. The maximum Gasteiger partial charge on any atom is 0.265 e. The molecule has 0 radical (unpaired) electrons. The number of hydrogen-bond acceptors (Lipinski definition) is 6. The van der Waals surface area contributed by atoms with Crippen molar-refractivity contribution < 1.29 is 9.59 Å². The Hall–Kier alpha value is -1.83. The predicted molar refractivity (Wildman–Crippen MR) is 83.6 cm³/mol. The third-order valence-corrected chi connectivity index (χ3v) is 4.34. The Labute approximate surface area is 127 Å². The van der Waals surface area contributed by atoms with Crippen molar-refractivity contribution in [3.63, 3.8) is 0 Å². The zero-order chi connectivity index (χ0) is 15.2. The molecule has 4 N–H and O–H groups in total. The Bertz CT molecular complexity index is 511. The predicted octanol–water partition coefficient (Wildman–Crippen LogP) is 0.581. The van der Waals surface area contributed by atoms with Crippen molar-refractivity contribution in [2.75, 3.05) is 36.8 Å². The second-order valence-electron chi connectivity index (χ2n) is 4.94. The Balaban J connectivity index is 1.91. The van der Waals surface area contributed by atoms with Crippen molar-refractivity contribution in [2.24, 2.45) is 0 Å². The van der Waals surface area contributed by atoms with Crippen LogP contribution in [0.2, 0.25) is 0 Å². The van der Waals surface area contributed by atoms with Gasteiger partial charge in [0, 0.05) is 19.6 Å². The highest BCUT2D eigenvalue weighted by molar-refractivity contribution is 7.18. The molecule has 7 nitrogen and oxygen atoms in total. The number of amides is 2. The number of carbonyl (C=O) groups is 2. The summed E-state index contributed by atoms with van der Waals surface area (Å²) in [5.41, 5.74) is 5.81. The SMILES string of the molecule is CCCNC(=O)CNC(=O)c1sc(N2CCCC2)nc1N. The van der Waals surface area contributed by atoms with Crippen LogP contribution in [0.25, 0.3) is 0 Å². The number of nitrogens with one attached hydrogen (secondary N) is 2. The quantitative estimate of drug-likeness (QED) is 0.713. The summed E-state index contributed by atoms with van der Waals surface area (Å²) in [6.07, 6.45) is 3.14. The maximum atomic E-state index is 12.1. The lowest BCUT2D eigenvalue weighted by molar-refractivity contribution is -0.120. The molecule has 1 saturated heterocycles. The highest BCUT2D eigenvalue weighted by Crippen LogP contribution is 2.30. The summed E-state index contributed by atoms with van der Waals surface area (Å²) < 4.78 is 0. The number of thiazole rings is 1. The minimum absolute atomic E-state index is 0.0464. The van der Waals surface area contributed by atoms with E-state index in [-0.39, 0.29) is 24.2 Å². The number of nitrogens with two attached hydrogens (primary N) is 1. The van der Waals surface area contributed by atoms with Gasteiger partial charge in [-0.05, 0) is 19.3 Å². The second-order valence-corrected chi connectivity index (χ2v) is 5.92. The maximum absolute atomic E-state index is 12.1. The van der Waals surface area contributed by atoms with Crippen LogP contribution in [0.3, 0.4) is 0 Å². The van der Waals surface area contributed by atoms with Crippen molar-refractivity contribution in [3.05, 3.63) is 4.88 Å². The van der Waals surface area contributed by atoms with Crippen LogP contribution in [0.5, 0.6) is 0 Å². The summed E-state index contributed by atoms with van der Waals surface area (Å²) in [4.78, 5) is 30.3. The topological polar surface area (TPSA) is 100 Å². The van der Waals surface area contributed by atoms with Gasteiger partial charge < -0.3 is 21.3 Å². The molecule has 8 heteroatoms. The van der Waals surface area contributed by atoms with E-state index in [1.807, 2.05) is 6.92 Å². The first-order chi connectivity index (χ1) is 10.1. The molecular formula is C13H21N5O2S. The van der Waals surface area contributed by atoms with Gasteiger partial charge in [-0.1, -0.05) is 18.3 Å². The van der Waals surface area contributed by atoms with E-state index in [4.69, 9.17) is 5.73 Å². The fourth-order valence-electron chi connectivity index (χ4n) is 2.09. The Morgan fingerprint density at radius 2 is 2.05 bits per heavy atom. The standard InChI is InChI=1S/C13H21N5O2S/c1-2-5-15-9(19)8-16-12(20)10-11(14)17-13(21-10)18-6-3-4-7-18/h2-8,14H2,1H3,(H,15,19)(H,16,20). The molecule has 116 valence electrons. The van der Waals surface area contributed by atoms with Crippen molar-refractivity contribution in [2.45, 2.75) is 26.2 Å². The highest BCUT2D eigenvalue weighted by atomic mass is 32.1. The summed E-state index contributed by atoms with van der Waals surface area (Å²) >= 11 is 1.28. The summed E-state index contributed by atoms with van der Waals surface area (Å²) in [7, 11) is 0. The van der Waals surface area contributed by atoms with Gasteiger partial charge >= 0.3 is 0 Å². The van der Waals surface area contributed by atoms with Gasteiger partial charge in [-0.25, -0.2) is 4.98 Å². The van der Waals surface area contributed by atoms with Gasteiger partial charge in [-0.15, -0.1) is 0 Å². The molecule has 21 heavy (non-hydrogen) atoms. The fraction of sp³-hybridized carbons (Fsp3) is 0.615. The van der Waals surface area contributed by atoms with Gasteiger partial charge in [-0.2, -0.15) is 0 Å². The van der Waals surface area contributed by atoms with Gasteiger partial charge in [0.15, 0.2) is 5.13 Å². The summed E-state index contributed by atoms with van der Waals surface area (Å²) in [6, 6.07) is 0. The number of carbonyl (C=O) groups excluding carboxylic acids is 2. The van der Waals surface area contributed by atoms with Crippen LogP contribution < -0.4 is 21.3 Å². The average molecular weight is 311 g/mol. The molecule has 0 bridgehead atoms. The summed E-state index contributed by atoms with van der Waals surface area (Å²) in [6.45, 7) is 4.43. The smallest absolute Gasteiger partial charge is 0.265 e. The van der Waals surface area contributed by atoms with Crippen LogP contribution in [0.15, 0.2) is 0 Å². The molecule has 2 heterocycles. The van der Waals surface area contributed by atoms with Gasteiger partial charge in [0.1, 0.15) is 10.7 Å². The highest BCUT2D eigenvalue weighted by Gasteiger charge is 2.21. The van der Waals surface area contributed by atoms with Crippen molar-refractivity contribution in [3.8, 4) is 0 Å². The molecule has 2 amide bonds. The lowest BCUT2D eigenvalue weighted by atomic mass is 10.4. The van der Waals surface area contributed by atoms with Gasteiger partial charge in [-0.3, -0.25) is 9.59 Å². The van der Waals surface area contributed by atoms with E-state index in [9.17, 15) is 9.59 Å². The normalized spacial score (nSPS) is 14.2. The summed E-state index contributed by atoms with van der Waals surface area (Å²) in [5.74, 6) is -0.316. The molecule has 1 aromatic heterocycles. The van der Waals surface area contributed by atoms with Crippen LogP contribution >= 0.6 is 11.3 Å².